The average Bonchev–Trinajstić information content (AvgIpc) is 2.68. The number of allylic oxidation sites excluding steroid dienone is 1. The van der Waals surface area contributed by atoms with Gasteiger partial charge in [-0.2, -0.15) is 4.39 Å². The highest BCUT2D eigenvalue weighted by atomic mass is 19.2. The molecular formula is C23H29F3O2. The van der Waals surface area contributed by atoms with E-state index in [9.17, 15) is 8.78 Å². The summed E-state index contributed by atoms with van der Waals surface area (Å²) in [5.41, 5.74) is 1.20. The van der Waals surface area contributed by atoms with Crippen LogP contribution >= 0.6 is 0 Å². The average molecular weight is 394 g/mol. The van der Waals surface area contributed by atoms with E-state index in [1.165, 1.54) is 0 Å². The van der Waals surface area contributed by atoms with Crippen LogP contribution < -0.4 is 4.74 Å². The molecule has 2 rings (SSSR count). The number of hydrogen-bond acceptors (Lipinski definition) is 2. The summed E-state index contributed by atoms with van der Waals surface area (Å²) in [4.78, 5) is 0. The predicted molar refractivity (Wildman–Crippen MR) is 106 cm³/mol. The molecule has 0 aliphatic carbocycles. The van der Waals surface area contributed by atoms with Crippen LogP contribution in [0.3, 0.4) is 0 Å². The normalized spacial score (nSPS) is 17.6. The van der Waals surface area contributed by atoms with Crippen molar-refractivity contribution < 1.29 is 22.6 Å². The Morgan fingerprint density at radius 2 is 1.93 bits per heavy atom. The van der Waals surface area contributed by atoms with Gasteiger partial charge < -0.3 is 9.47 Å². The van der Waals surface area contributed by atoms with Gasteiger partial charge in [-0.05, 0) is 36.5 Å². The lowest BCUT2D eigenvalue weighted by Crippen LogP contribution is -2.19. The van der Waals surface area contributed by atoms with Crippen molar-refractivity contribution in [3.63, 3.8) is 0 Å². The Morgan fingerprint density at radius 1 is 1.25 bits per heavy atom. The fourth-order valence-electron chi connectivity index (χ4n) is 2.95. The highest BCUT2D eigenvalue weighted by molar-refractivity contribution is 5.51. The molecule has 0 spiro atoms. The smallest absolute Gasteiger partial charge is 0.201 e. The standard InChI is InChI=1S/C23H29F3O2/c1-7-9-17-11-18-10-14(4)22(28-23(18)21(26)20(17)25)19(24)15(5)16(6)27-12-13(3)8-2/h11,13,16H,4-5,7-10,12H2,1-3,6H3/b22-19-. The van der Waals surface area contributed by atoms with Gasteiger partial charge in [0.15, 0.2) is 23.2 Å². The van der Waals surface area contributed by atoms with Gasteiger partial charge in [0.25, 0.3) is 0 Å². The summed E-state index contributed by atoms with van der Waals surface area (Å²) in [7, 11) is 0. The molecule has 2 atom stereocenters. The molecule has 2 nitrogen and oxygen atoms in total. The molecule has 1 aliphatic heterocycles. The van der Waals surface area contributed by atoms with Crippen LogP contribution in [0.25, 0.3) is 0 Å². The summed E-state index contributed by atoms with van der Waals surface area (Å²) in [5, 5.41) is 0. The second-order valence-electron chi connectivity index (χ2n) is 7.44. The Hall–Kier alpha value is -2.01. The van der Waals surface area contributed by atoms with Crippen LogP contribution in [0, 0.1) is 17.6 Å². The Bertz CT molecular complexity index is 796. The van der Waals surface area contributed by atoms with Crippen LogP contribution in [0.4, 0.5) is 13.2 Å². The molecule has 5 heteroatoms. The largest absolute Gasteiger partial charge is 0.450 e. The van der Waals surface area contributed by atoms with Crippen molar-refractivity contribution in [3.8, 4) is 5.75 Å². The zero-order valence-electron chi connectivity index (χ0n) is 17.1. The molecule has 0 amide bonds. The van der Waals surface area contributed by atoms with Crippen LogP contribution in [0.2, 0.25) is 0 Å². The van der Waals surface area contributed by atoms with Gasteiger partial charge in [0, 0.05) is 24.2 Å². The van der Waals surface area contributed by atoms with E-state index >= 15 is 4.39 Å². The first-order chi connectivity index (χ1) is 13.2. The van der Waals surface area contributed by atoms with Gasteiger partial charge in [0.2, 0.25) is 5.82 Å². The summed E-state index contributed by atoms with van der Waals surface area (Å²) in [6.07, 6.45) is 1.66. The van der Waals surface area contributed by atoms with Crippen molar-refractivity contribution in [1.82, 2.24) is 0 Å². The fraction of sp³-hybridized carbons (Fsp3) is 0.478. The SMILES string of the molecule is C=C1Cc2cc(CCC)c(F)c(F)c2O/C1=C(\F)C(=C)C(C)OCC(C)CC. The minimum absolute atomic E-state index is 0.0892. The zero-order valence-corrected chi connectivity index (χ0v) is 17.1. The maximum Gasteiger partial charge on any atom is 0.201 e. The van der Waals surface area contributed by atoms with Crippen LogP contribution in [0.15, 0.2) is 42.0 Å². The molecule has 0 radical (unpaired) electrons. The Balaban J connectivity index is 2.30. The minimum Gasteiger partial charge on any atom is -0.450 e. The maximum absolute atomic E-state index is 15.0. The molecule has 0 fully saturated rings. The Kier molecular flexibility index (Phi) is 7.53. The van der Waals surface area contributed by atoms with Crippen LogP contribution in [-0.2, 0) is 17.6 Å². The van der Waals surface area contributed by atoms with E-state index < -0.39 is 23.6 Å². The Morgan fingerprint density at radius 3 is 2.54 bits per heavy atom. The van der Waals surface area contributed by atoms with Crippen molar-refractivity contribution in [1.29, 1.82) is 0 Å². The number of benzene rings is 1. The first-order valence-electron chi connectivity index (χ1n) is 9.77. The molecule has 0 aromatic heterocycles. The zero-order chi connectivity index (χ0) is 21.0. The first kappa shape index (κ1) is 22.3. The number of hydrogen-bond donors (Lipinski definition) is 0. The minimum atomic E-state index is -1.09. The van der Waals surface area contributed by atoms with Gasteiger partial charge in [0.05, 0.1) is 6.10 Å². The third-order valence-corrected chi connectivity index (χ3v) is 5.06. The molecule has 154 valence electrons. The highest BCUT2D eigenvalue weighted by Gasteiger charge is 2.29. The van der Waals surface area contributed by atoms with Gasteiger partial charge in [-0.1, -0.05) is 46.8 Å². The monoisotopic (exact) mass is 394 g/mol. The molecule has 1 aliphatic rings. The number of aryl methyl sites for hydroxylation is 1. The number of fused-ring (bicyclic) bond motifs is 1. The number of halogens is 3. The molecule has 1 aromatic rings. The molecule has 1 aromatic carbocycles. The first-order valence-corrected chi connectivity index (χ1v) is 9.77. The predicted octanol–water partition coefficient (Wildman–Crippen LogP) is 6.60. The third-order valence-electron chi connectivity index (χ3n) is 5.06. The maximum atomic E-state index is 15.0. The van der Waals surface area contributed by atoms with E-state index in [4.69, 9.17) is 9.47 Å². The van der Waals surface area contributed by atoms with E-state index in [1.54, 1.807) is 13.0 Å². The quantitative estimate of drug-likeness (QED) is 0.495. The summed E-state index contributed by atoms with van der Waals surface area (Å²) in [6.45, 7) is 15.8. The van der Waals surface area contributed by atoms with Crippen LogP contribution in [0.5, 0.6) is 5.75 Å². The topological polar surface area (TPSA) is 18.5 Å². The lowest BCUT2D eigenvalue weighted by Gasteiger charge is -2.25. The molecule has 0 saturated heterocycles. The molecular weight excluding hydrogens is 365 g/mol. The molecule has 2 unspecified atom stereocenters. The van der Waals surface area contributed by atoms with Gasteiger partial charge >= 0.3 is 0 Å². The summed E-state index contributed by atoms with van der Waals surface area (Å²) in [6, 6.07) is 1.57. The molecule has 0 N–H and O–H groups in total. The second-order valence-corrected chi connectivity index (χ2v) is 7.44. The third kappa shape index (κ3) is 4.69. The Labute approximate surface area is 165 Å². The second kappa shape index (κ2) is 9.46. The molecule has 1 heterocycles. The highest BCUT2D eigenvalue weighted by Crippen LogP contribution is 2.39. The lowest BCUT2D eigenvalue weighted by molar-refractivity contribution is 0.0638. The van der Waals surface area contributed by atoms with Gasteiger partial charge in [-0.25, -0.2) is 8.78 Å². The van der Waals surface area contributed by atoms with E-state index in [2.05, 4.69) is 13.2 Å². The van der Waals surface area contributed by atoms with Crippen LogP contribution in [0.1, 0.15) is 51.7 Å². The number of ether oxygens (including phenoxy) is 2. The van der Waals surface area contributed by atoms with Crippen molar-refractivity contribution in [2.45, 2.75) is 59.5 Å². The summed E-state index contributed by atoms with van der Waals surface area (Å²) < 4.78 is 54.9. The molecule has 28 heavy (non-hydrogen) atoms. The van der Waals surface area contributed by atoms with Crippen molar-refractivity contribution in [2.24, 2.45) is 5.92 Å². The molecule has 0 saturated carbocycles. The van der Waals surface area contributed by atoms with Gasteiger partial charge in [-0.15, -0.1) is 0 Å². The van der Waals surface area contributed by atoms with Crippen LogP contribution in [-0.4, -0.2) is 12.7 Å². The summed E-state index contributed by atoms with van der Waals surface area (Å²) >= 11 is 0. The number of rotatable bonds is 8. The van der Waals surface area contributed by atoms with E-state index in [-0.39, 0.29) is 23.5 Å². The van der Waals surface area contributed by atoms with Crippen molar-refractivity contribution >= 4 is 0 Å². The van der Waals surface area contributed by atoms with Crippen molar-refractivity contribution in [2.75, 3.05) is 6.61 Å². The fourth-order valence-corrected chi connectivity index (χ4v) is 2.95. The van der Waals surface area contributed by atoms with Crippen molar-refractivity contribution in [3.05, 3.63) is 64.7 Å². The summed E-state index contributed by atoms with van der Waals surface area (Å²) in [5.74, 6) is -2.94. The van der Waals surface area contributed by atoms with E-state index in [1.807, 2.05) is 20.8 Å². The van der Waals surface area contributed by atoms with E-state index in [0.29, 0.717) is 42.1 Å². The lowest BCUT2D eigenvalue weighted by atomic mass is 9.95. The van der Waals surface area contributed by atoms with Gasteiger partial charge in [0.1, 0.15) is 0 Å². The molecule has 0 bridgehead atoms. The van der Waals surface area contributed by atoms with E-state index in [0.717, 1.165) is 6.42 Å². The van der Waals surface area contributed by atoms with Gasteiger partial charge in [-0.3, -0.25) is 0 Å².